The van der Waals surface area contributed by atoms with E-state index in [4.69, 9.17) is 4.42 Å². The number of hydrogen-bond donors (Lipinski definition) is 0. The monoisotopic (exact) mass is 343 g/mol. The van der Waals surface area contributed by atoms with Crippen LogP contribution in [0.5, 0.6) is 0 Å². The molecule has 0 aliphatic heterocycles. The number of nitrogens with zero attached hydrogens (tertiary/aromatic N) is 1. The summed E-state index contributed by atoms with van der Waals surface area (Å²) in [6.45, 7) is 3.80. The SMILES string of the molecule is Cc1c(C(=O)N(C)[C@@H](C)C[S@@](C)=O)oc2c1ccc1ccccc12. The predicted molar refractivity (Wildman–Crippen MR) is 98.9 cm³/mol. The predicted octanol–water partition coefficient (Wildman–Crippen LogP) is 3.73. The van der Waals surface area contributed by atoms with E-state index in [1.807, 2.05) is 50.2 Å². The summed E-state index contributed by atoms with van der Waals surface area (Å²) < 4.78 is 17.4. The Labute approximate surface area is 143 Å². The van der Waals surface area contributed by atoms with E-state index in [9.17, 15) is 9.00 Å². The van der Waals surface area contributed by atoms with Gasteiger partial charge in [-0.1, -0.05) is 36.4 Å². The molecular weight excluding hydrogens is 322 g/mol. The summed E-state index contributed by atoms with van der Waals surface area (Å²) in [4.78, 5) is 14.4. The minimum Gasteiger partial charge on any atom is -0.450 e. The van der Waals surface area contributed by atoms with Crippen molar-refractivity contribution in [3.63, 3.8) is 0 Å². The summed E-state index contributed by atoms with van der Waals surface area (Å²) in [5, 5.41) is 3.04. The van der Waals surface area contributed by atoms with E-state index in [0.29, 0.717) is 11.5 Å². The Bertz CT molecular complexity index is 944. The van der Waals surface area contributed by atoms with Crippen molar-refractivity contribution in [2.45, 2.75) is 19.9 Å². The average molecular weight is 343 g/mol. The molecule has 2 aromatic carbocycles. The zero-order chi connectivity index (χ0) is 17.4. The van der Waals surface area contributed by atoms with Gasteiger partial charge in [0.2, 0.25) is 0 Å². The van der Waals surface area contributed by atoms with Crippen molar-refractivity contribution in [2.24, 2.45) is 0 Å². The number of furan rings is 1. The van der Waals surface area contributed by atoms with E-state index in [2.05, 4.69) is 0 Å². The molecule has 0 saturated heterocycles. The summed E-state index contributed by atoms with van der Waals surface area (Å²) in [7, 11) is 0.774. The highest BCUT2D eigenvalue weighted by atomic mass is 32.2. The highest BCUT2D eigenvalue weighted by Gasteiger charge is 2.25. The van der Waals surface area contributed by atoms with Crippen LogP contribution in [0.1, 0.15) is 23.0 Å². The Morgan fingerprint density at radius 3 is 2.62 bits per heavy atom. The van der Waals surface area contributed by atoms with Crippen LogP contribution in [0.15, 0.2) is 40.8 Å². The maximum Gasteiger partial charge on any atom is 0.289 e. The molecule has 0 saturated carbocycles. The Kier molecular flexibility index (Phi) is 4.45. The molecule has 0 spiro atoms. The van der Waals surface area contributed by atoms with E-state index in [0.717, 1.165) is 27.3 Å². The lowest BCUT2D eigenvalue weighted by molar-refractivity contribution is 0.0726. The fourth-order valence-corrected chi connectivity index (χ4v) is 3.87. The molecule has 3 aromatic rings. The summed E-state index contributed by atoms with van der Waals surface area (Å²) in [6.07, 6.45) is 1.65. The van der Waals surface area contributed by atoms with Crippen molar-refractivity contribution in [2.75, 3.05) is 19.1 Å². The lowest BCUT2D eigenvalue weighted by Crippen LogP contribution is -2.38. The van der Waals surface area contributed by atoms with Crippen molar-refractivity contribution in [1.29, 1.82) is 0 Å². The number of aryl methyl sites for hydroxylation is 1. The maximum atomic E-state index is 12.8. The first kappa shape index (κ1) is 16.7. The van der Waals surface area contributed by atoms with Gasteiger partial charge in [0.05, 0.1) is 0 Å². The molecule has 0 bridgehead atoms. The second kappa shape index (κ2) is 6.40. The number of carbonyl (C=O) groups is 1. The van der Waals surface area contributed by atoms with E-state index in [1.54, 1.807) is 18.2 Å². The van der Waals surface area contributed by atoms with E-state index in [-0.39, 0.29) is 11.9 Å². The molecule has 0 aliphatic carbocycles. The highest BCUT2D eigenvalue weighted by molar-refractivity contribution is 7.84. The molecule has 0 unspecified atom stereocenters. The van der Waals surface area contributed by atoms with E-state index in [1.165, 1.54) is 0 Å². The van der Waals surface area contributed by atoms with Crippen LogP contribution in [0.25, 0.3) is 21.7 Å². The van der Waals surface area contributed by atoms with Crippen LogP contribution >= 0.6 is 0 Å². The molecular formula is C19H21NO3S. The van der Waals surface area contributed by atoms with Crippen molar-refractivity contribution < 1.29 is 13.4 Å². The molecule has 126 valence electrons. The number of amides is 1. The smallest absolute Gasteiger partial charge is 0.289 e. The highest BCUT2D eigenvalue weighted by Crippen LogP contribution is 2.32. The van der Waals surface area contributed by atoms with Gasteiger partial charge in [-0.05, 0) is 19.2 Å². The van der Waals surface area contributed by atoms with E-state index >= 15 is 0 Å². The van der Waals surface area contributed by atoms with Gasteiger partial charge < -0.3 is 9.32 Å². The van der Waals surface area contributed by atoms with Crippen LogP contribution in [0.4, 0.5) is 0 Å². The number of fused-ring (bicyclic) bond motifs is 3. The van der Waals surface area contributed by atoms with Crippen molar-refractivity contribution in [3.05, 3.63) is 47.7 Å². The van der Waals surface area contributed by atoms with Crippen LogP contribution < -0.4 is 0 Å². The lowest BCUT2D eigenvalue weighted by Gasteiger charge is -2.23. The number of hydrogen-bond acceptors (Lipinski definition) is 3. The Morgan fingerprint density at radius 1 is 1.21 bits per heavy atom. The van der Waals surface area contributed by atoms with Crippen molar-refractivity contribution in [1.82, 2.24) is 4.90 Å². The molecule has 1 aromatic heterocycles. The number of benzene rings is 2. The molecule has 0 radical (unpaired) electrons. The molecule has 4 nitrogen and oxygen atoms in total. The normalized spacial score (nSPS) is 14.0. The average Bonchev–Trinajstić information content (AvgIpc) is 2.90. The Balaban J connectivity index is 2.06. The first-order chi connectivity index (χ1) is 11.4. The van der Waals surface area contributed by atoms with Crippen LogP contribution in [-0.4, -0.2) is 40.1 Å². The first-order valence-electron chi connectivity index (χ1n) is 7.88. The van der Waals surface area contributed by atoms with E-state index < -0.39 is 10.8 Å². The zero-order valence-electron chi connectivity index (χ0n) is 14.3. The third-order valence-corrected chi connectivity index (χ3v) is 5.43. The third kappa shape index (κ3) is 2.84. The summed E-state index contributed by atoms with van der Waals surface area (Å²) >= 11 is 0. The van der Waals surface area contributed by atoms with Crippen LogP contribution in [0.2, 0.25) is 0 Å². The van der Waals surface area contributed by atoms with Crippen molar-refractivity contribution >= 4 is 38.4 Å². The summed E-state index contributed by atoms with van der Waals surface area (Å²) in [6, 6.07) is 11.9. The quantitative estimate of drug-likeness (QED) is 0.725. The van der Waals surface area contributed by atoms with Crippen molar-refractivity contribution in [3.8, 4) is 0 Å². The lowest BCUT2D eigenvalue weighted by atomic mass is 10.1. The van der Waals surface area contributed by atoms with Gasteiger partial charge in [0, 0.05) is 52.2 Å². The molecule has 1 heterocycles. The summed E-state index contributed by atoms with van der Waals surface area (Å²) in [5.74, 6) is 0.632. The van der Waals surface area contributed by atoms with Crippen LogP contribution in [0, 0.1) is 6.92 Å². The molecule has 2 atom stereocenters. The fraction of sp³-hybridized carbons (Fsp3) is 0.316. The second-order valence-electron chi connectivity index (χ2n) is 6.22. The number of carbonyl (C=O) groups excluding carboxylic acids is 1. The zero-order valence-corrected chi connectivity index (χ0v) is 15.1. The Hall–Kier alpha value is -2.14. The molecule has 5 heteroatoms. The third-order valence-electron chi connectivity index (χ3n) is 4.48. The molecule has 1 amide bonds. The largest absolute Gasteiger partial charge is 0.450 e. The van der Waals surface area contributed by atoms with Gasteiger partial charge in [-0.25, -0.2) is 0 Å². The van der Waals surface area contributed by atoms with Gasteiger partial charge in [0.25, 0.3) is 5.91 Å². The maximum absolute atomic E-state index is 12.8. The van der Waals surface area contributed by atoms with Gasteiger partial charge in [-0.15, -0.1) is 0 Å². The molecule has 0 fully saturated rings. The topological polar surface area (TPSA) is 50.5 Å². The van der Waals surface area contributed by atoms with Gasteiger partial charge in [-0.2, -0.15) is 0 Å². The first-order valence-corrected chi connectivity index (χ1v) is 9.61. The number of rotatable bonds is 4. The minimum absolute atomic E-state index is 0.118. The standard InChI is InChI=1S/C19H21NO3S/c1-12(11-24(4)22)20(3)19(21)17-13(2)15-10-9-14-7-5-6-8-16(14)18(15)23-17/h5-10,12H,11H2,1-4H3/t12-,24+/m0/s1. The molecule has 0 N–H and O–H groups in total. The molecule has 0 aliphatic rings. The Morgan fingerprint density at radius 2 is 1.92 bits per heavy atom. The van der Waals surface area contributed by atoms with Gasteiger partial charge in [0.15, 0.2) is 5.76 Å². The van der Waals surface area contributed by atoms with Gasteiger partial charge in [-0.3, -0.25) is 9.00 Å². The van der Waals surface area contributed by atoms with Gasteiger partial charge >= 0.3 is 0 Å². The molecule has 3 rings (SSSR count). The minimum atomic E-state index is -0.952. The molecule has 24 heavy (non-hydrogen) atoms. The van der Waals surface area contributed by atoms with Gasteiger partial charge in [0.1, 0.15) is 5.58 Å². The summed E-state index contributed by atoms with van der Waals surface area (Å²) in [5.41, 5.74) is 1.59. The second-order valence-corrected chi connectivity index (χ2v) is 7.70. The van der Waals surface area contributed by atoms with Crippen LogP contribution in [-0.2, 0) is 10.8 Å². The fourth-order valence-electron chi connectivity index (χ4n) is 2.97. The van der Waals surface area contributed by atoms with Crippen LogP contribution in [0.3, 0.4) is 0 Å².